The van der Waals surface area contributed by atoms with Gasteiger partial charge in [-0.3, -0.25) is 4.79 Å². The van der Waals surface area contributed by atoms with Crippen LogP contribution in [0.4, 0.5) is 0 Å². The highest BCUT2D eigenvalue weighted by Gasteiger charge is 2.25. The first-order valence-electron chi connectivity index (χ1n) is 3.38. The molecule has 1 fully saturated rings. The van der Waals surface area contributed by atoms with Gasteiger partial charge in [-0.05, 0) is 0 Å². The number of nitrogens with one attached hydrogen (secondary N) is 2. The first-order chi connectivity index (χ1) is 4.75. The van der Waals surface area contributed by atoms with Crippen molar-refractivity contribution in [2.24, 2.45) is 5.92 Å². The van der Waals surface area contributed by atoms with E-state index in [9.17, 15) is 4.79 Å². The lowest BCUT2D eigenvalue weighted by atomic mass is 9.93. The molecule has 1 radical (unpaired) electrons. The highest BCUT2D eigenvalue weighted by Crippen LogP contribution is 2.05. The molecule has 0 aromatic carbocycles. The highest BCUT2D eigenvalue weighted by molar-refractivity contribution is 6.42. The molecule has 1 rings (SSSR count). The summed E-state index contributed by atoms with van der Waals surface area (Å²) in [4.78, 5) is 10.8. The Hall–Kier alpha value is -0.700. The molecular formula is C7H11N2O. The molecular weight excluding hydrogens is 128 g/mol. The smallest absolute Gasteiger partial charge is 0.180 e. The number of ketones is 1. The number of hydrogen-bond donors (Lipinski definition) is 2. The molecule has 0 unspecified atom stereocenters. The average molecular weight is 139 g/mol. The van der Waals surface area contributed by atoms with E-state index in [0.29, 0.717) is 0 Å². The molecule has 1 aliphatic heterocycles. The summed E-state index contributed by atoms with van der Waals surface area (Å²) in [5.41, 5.74) is 0.251. The van der Waals surface area contributed by atoms with Gasteiger partial charge in [-0.1, -0.05) is 6.92 Å². The summed E-state index contributed by atoms with van der Waals surface area (Å²) in [7, 11) is 0. The quantitative estimate of drug-likeness (QED) is 0.541. The molecule has 0 aliphatic carbocycles. The molecule has 1 saturated heterocycles. The number of Topliss-reactive ketones (excluding diaryl/α,β-unsaturated/α-hetero) is 1. The van der Waals surface area contributed by atoms with E-state index in [0.717, 1.165) is 13.1 Å². The second kappa shape index (κ2) is 2.92. The Balaban J connectivity index is 2.39. The molecule has 0 aromatic heterocycles. The Morgan fingerprint density at radius 3 is 2.60 bits per heavy atom. The van der Waals surface area contributed by atoms with Crippen LogP contribution < -0.4 is 5.32 Å². The Bertz CT molecular complexity index is 161. The molecule has 10 heavy (non-hydrogen) atoms. The Kier molecular flexibility index (Phi) is 2.17. The highest BCUT2D eigenvalue weighted by atomic mass is 16.1. The second-order valence-corrected chi connectivity index (χ2v) is 2.42. The van der Waals surface area contributed by atoms with E-state index in [2.05, 4.69) is 5.32 Å². The third kappa shape index (κ3) is 1.24. The van der Waals surface area contributed by atoms with Crippen LogP contribution in [0.15, 0.2) is 0 Å². The van der Waals surface area contributed by atoms with Crippen LogP contribution in [0.2, 0.25) is 0 Å². The molecule has 2 N–H and O–H groups in total. The Labute approximate surface area is 60.3 Å². The average Bonchev–Trinajstić information content (AvgIpc) is 1.82. The topological polar surface area (TPSA) is 53.0 Å². The lowest BCUT2D eigenvalue weighted by Crippen LogP contribution is -2.48. The molecule has 1 aliphatic rings. The summed E-state index contributed by atoms with van der Waals surface area (Å²) < 4.78 is 0. The number of carbonyl (C=O) groups excluding carboxylic acids is 1. The first kappa shape index (κ1) is 7.41. The van der Waals surface area contributed by atoms with E-state index in [4.69, 9.17) is 5.41 Å². The number of rotatable bonds is 3. The van der Waals surface area contributed by atoms with Crippen molar-refractivity contribution in [3.8, 4) is 0 Å². The van der Waals surface area contributed by atoms with E-state index >= 15 is 0 Å². The van der Waals surface area contributed by atoms with Crippen molar-refractivity contribution < 1.29 is 4.79 Å². The fourth-order valence-electron chi connectivity index (χ4n) is 0.849. The Morgan fingerprint density at radius 2 is 2.30 bits per heavy atom. The fraction of sp³-hybridized carbons (Fsp3) is 0.571. The normalized spacial score (nSPS) is 18.1. The minimum absolute atomic E-state index is 0.133. The van der Waals surface area contributed by atoms with Gasteiger partial charge < -0.3 is 10.7 Å². The third-order valence-corrected chi connectivity index (χ3v) is 1.72. The van der Waals surface area contributed by atoms with Gasteiger partial charge in [-0.25, -0.2) is 0 Å². The standard InChI is InChI=1S/C7H11N2O/c1-2-6(10)7(8)5-3-9-4-5/h2,5,8-9H,3-4H2,1H3. The van der Waals surface area contributed by atoms with Gasteiger partial charge >= 0.3 is 0 Å². The monoisotopic (exact) mass is 139 g/mol. The molecule has 0 atom stereocenters. The zero-order valence-electron chi connectivity index (χ0n) is 5.98. The van der Waals surface area contributed by atoms with Crippen molar-refractivity contribution in [1.29, 1.82) is 5.41 Å². The fourth-order valence-corrected chi connectivity index (χ4v) is 0.849. The lowest BCUT2D eigenvalue weighted by molar-refractivity contribution is -0.110. The van der Waals surface area contributed by atoms with Gasteiger partial charge in [-0.2, -0.15) is 0 Å². The van der Waals surface area contributed by atoms with Gasteiger partial charge in [0.25, 0.3) is 0 Å². The van der Waals surface area contributed by atoms with Crippen LogP contribution in [-0.4, -0.2) is 24.6 Å². The van der Waals surface area contributed by atoms with E-state index in [1.54, 1.807) is 6.92 Å². The molecule has 55 valence electrons. The summed E-state index contributed by atoms with van der Waals surface area (Å²) in [6, 6.07) is 0. The van der Waals surface area contributed by atoms with E-state index in [-0.39, 0.29) is 17.4 Å². The minimum Gasteiger partial charge on any atom is -0.315 e. The van der Waals surface area contributed by atoms with Crippen LogP contribution in [-0.2, 0) is 4.79 Å². The van der Waals surface area contributed by atoms with Gasteiger partial charge in [0.2, 0.25) is 0 Å². The largest absolute Gasteiger partial charge is 0.315 e. The van der Waals surface area contributed by atoms with Crippen LogP contribution >= 0.6 is 0 Å². The molecule has 3 nitrogen and oxygen atoms in total. The Morgan fingerprint density at radius 1 is 1.70 bits per heavy atom. The number of carbonyl (C=O) groups is 1. The zero-order valence-corrected chi connectivity index (χ0v) is 5.98. The van der Waals surface area contributed by atoms with Crippen LogP contribution in [0.5, 0.6) is 0 Å². The van der Waals surface area contributed by atoms with Gasteiger partial charge in [0.05, 0.1) is 5.71 Å². The molecule has 0 bridgehead atoms. The first-order valence-corrected chi connectivity index (χ1v) is 3.38. The third-order valence-electron chi connectivity index (χ3n) is 1.72. The maximum Gasteiger partial charge on any atom is 0.180 e. The van der Waals surface area contributed by atoms with Crippen molar-refractivity contribution in [1.82, 2.24) is 5.32 Å². The second-order valence-electron chi connectivity index (χ2n) is 2.42. The molecule has 0 aromatic rings. The van der Waals surface area contributed by atoms with Crippen molar-refractivity contribution in [3.05, 3.63) is 6.42 Å². The summed E-state index contributed by atoms with van der Waals surface area (Å²) in [5, 5.41) is 10.3. The van der Waals surface area contributed by atoms with Gasteiger partial charge in [0.1, 0.15) is 0 Å². The molecule has 0 saturated carbocycles. The van der Waals surface area contributed by atoms with E-state index in [1.165, 1.54) is 6.42 Å². The van der Waals surface area contributed by atoms with Crippen molar-refractivity contribution in [3.63, 3.8) is 0 Å². The molecule has 0 amide bonds. The SMILES string of the molecule is C[CH]C(=O)C(=N)C1CNC1. The van der Waals surface area contributed by atoms with Gasteiger partial charge in [0.15, 0.2) is 5.78 Å². The molecule has 1 heterocycles. The molecule has 0 spiro atoms. The van der Waals surface area contributed by atoms with Crippen LogP contribution in [0.3, 0.4) is 0 Å². The molecule has 3 heteroatoms. The summed E-state index contributed by atoms with van der Waals surface area (Å²) >= 11 is 0. The van der Waals surface area contributed by atoms with Crippen molar-refractivity contribution in [2.75, 3.05) is 13.1 Å². The van der Waals surface area contributed by atoms with E-state index in [1.807, 2.05) is 0 Å². The number of hydrogen-bond acceptors (Lipinski definition) is 3. The summed E-state index contributed by atoms with van der Waals surface area (Å²) in [5.74, 6) is 0.0372. The van der Waals surface area contributed by atoms with Gasteiger partial charge in [0, 0.05) is 25.4 Å². The predicted octanol–water partition coefficient (Wildman–Crippen LogP) is 0.0189. The van der Waals surface area contributed by atoms with Crippen LogP contribution in [0.25, 0.3) is 0 Å². The predicted molar refractivity (Wildman–Crippen MR) is 39.1 cm³/mol. The van der Waals surface area contributed by atoms with Crippen molar-refractivity contribution in [2.45, 2.75) is 6.92 Å². The van der Waals surface area contributed by atoms with E-state index < -0.39 is 0 Å². The summed E-state index contributed by atoms with van der Waals surface area (Å²) in [6.45, 7) is 3.25. The zero-order chi connectivity index (χ0) is 7.56. The lowest BCUT2D eigenvalue weighted by Gasteiger charge is -2.26. The maximum atomic E-state index is 10.8. The summed E-state index contributed by atoms with van der Waals surface area (Å²) in [6.07, 6.45) is 1.45. The van der Waals surface area contributed by atoms with Gasteiger partial charge in [-0.15, -0.1) is 0 Å². The van der Waals surface area contributed by atoms with Crippen LogP contribution in [0, 0.1) is 17.7 Å². The maximum absolute atomic E-state index is 10.8. The minimum atomic E-state index is -0.133. The van der Waals surface area contributed by atoms with Crippen LogP contribution in [0.1, 0.15) is 6.92 Å². The van der Waals surface area contributed by atoms with Crippen molar-refractivity contribution >= 4 is 11.5 Å².